The standard InChI is InChI=1S/C19H29N3O2/c1-18(2,3)17(23)20-5-4-15-21-16(22-24-15)19-9-12-6-13(10-19)8-14(7-12)11-19/h12-14H,4-11H2,1-3H3,(H,20,23). The molecule has 0 saturated heterocycles. The van der Waals surface area contributed by atoms with E-state index in [-0.39, 0.29) is 16.7 Å². The Hall–Kier alpha value is -1.39. The van der Waals surface area contributed by atoms with Crippen molar-refractivity contribution in [3.63, 3.8) is 0 Å². The lowest BCUT2D eigenvalue weighted by atomic mass is 9.49. The van der Waals surface area contributed by atoms with Crippen molar-refractivity contribution in [1.82, 2.24) is 15.5 Å². The van der Waals surface area contributed by atoms with Crippen LogP contribution in [0, 0.1) is 23.2 Å². The first-order valence-electron chi connectivity index (χ1n) is 9.45. The maximum Gasteiger partial charge on any atom is 0.228 e. The minimum atomic E-state index is -0.362. The summed E-state index contributed by atoms with van der Waals surface area (Å²) >= 11 is 0. The van der Waals surface area contributed by atoms with Crippen molar-refractivity contribution < 1.29 is 9.32 Å². The molecule has 0 unspecified atom stereocenters. The van der Waals surface area contributed by atoms with Crippen LogP contribution in [0.1, 0.15) is 71.0 Å². The number of carbonyl (C=O) groups excluding carboxylic acids is 1. The van der Waals surface area contributed by atoms with E-state index in [1.807, 2.05) is 20.8 Å². The van der Waals surface area contributed by atoms with Gasteiger partial charge >= 0.3 is 0 Å². The summed E-state index contributed by atoms with van der Waals surface area (Å²) in [6.45, 7) is 6.30. The van der Waals surface area contributed by atoms with Gasteiger partial charge in [0.05, 0.1) is 0 Å². The van der Waals surface area contributed by atoms with Crippen LogP contribution in [-0.4, -0.2) is 22.6 Å². The Balaban J connectivity index is 1.40. The molecule has 1 amide bonds. The predicted molar refractivity (Wildman–Crippen MR) is 90.3 cm³/mol. The van der Waals surface area contributed by atoms with Gasteiger partial charge in [-0.25, -0.2) is 0 Å². The molecule has 4 aliphatic carbocycles. The van der Waals surface area contributed by atoms with Crippen LogP contribution in [0.5, 0.6) is 0 Å². The molecule has 4 saturated carbocycles. The van der Waals surface area contributed by atoms with Gasteiger partial charge in [-0.3, -0.25) is 4.79 Å². The average molecular weight is 331 g/mol. The van der Waals surface area contributed by atoms with E-state index >= 15 is 0 Å². The second-order valence-corrected chi connectivity index (χ2v) is 9.47. The first-order chi connectivity index (χ1) is 11.3. The Bertz CT molecular complexity index is 594. The van der Waals surface area contributed by atoms with E-state index in [2.05, 4.69) is 10.5 Å². The van der Waals surface area contributed by atoms with E-state index in [1.54, 1.807) is 0 Å². The molecule has 1 N–H and O–H groups in total. The largest absolute Gasteiger partial charge is 0.355 e. The lowest BCUT2D eigenvalue weighted by Gasteiger charge is -2.55. The maximum atomic E-state index is 11.9. The molecule has 5 heteroatoms. The second-order valence-electron chi connectivity index (χ2n) is 9.47. The summed E-state index contributed by atoms with van der Waals surface area (Å²) in [5, 5.41) is 7.30. The van der Waals surface area contributed by atoms with E-state index in [0.29, 0.717) is 18.9 Å². The smallest absolute Gasteiger partial charge is 0.228 e. The molecule has 132 valence electrons. The lowest BCUT2D eigenvalue weighted by molar-refractivity contribution is -0.128. The molecule has 0 aliphatic heterocycles. The minimum Gasteiger partial charge on any atom is -0.355 e. The molecular formula is C19H29N3O2. The van der Waals surface area contributed by atoms with Crippen molar-refractivity contribution in [2.24, 2.45) is 23.2 Å². The van der Waals surface area contributed by atoms with Gasteiger partial charge in [0.25, 0.3) is 0 Å². The summed E-state index contributed by atoms with van der Waals surface area (Å²) < 4.78 is 5.51. The van der Waals surface area contributed by atoms with Crippen LogP contribution in [-0.2, 0) is 16.6 Å². The Morgan fingerprint density at radius 3 is 2.29 bits per heavy atom. The number of carbonyl (C=O) groups is 1. The molecule has 0 spiro atoms. The van der Waals surface area contributed by atoms with Crippen molar-refractivity contribution in [1.29, 1.82) is 0 Å². The van der Waals surface area contributed by atoms with Gasteiger partial charge in [-0.1, -0.05) is 25.9 Å². The number of nitrogens with one attached hydrogen (secondary N) is 1. The van der Waals surface area contributed by atoms with Crippen LogP contribution in [0.4, 0.5) is 0 Å². The van der Waals surface area contributed by atoms with Crippen LogP contribution in [0.25, 0.3) is 0 Å². The second kappa shape index (κ2) is 5.57. The van der Waals surface area contributed by atoms with Crippen molar-refractivity contribution in [3.8, 4) is 0 Å². The Morgan fingerprint density at radius 2 is 1.75 bits per heavy atom. The molecule has 5 rings (SSSR count). The SMILES string of the molecule is CC(C)(C)C(=O)NCCc1nc(C23CC4CC(CC(C4)C2)C3)no1. The number of hydrogen-bond donors (Lipinski definition) is 1. The van der Waals surface area contributed by atoms with Crippen LogP contribution < -0.4 is 5.32 Å². The molecule has 1 aromatic heterocycles. The zero-order valence-corrected chi connectivity index (χ0v) is 15.1. The Labute approximate surface area is 144 Å². The van der Waals surface area contributed by atoms with Gasteiger partial charge in [0, 0.05) is 23.8 Å². The molecular weight excluding hydrogens is 302 g/mol. The van der Waals surface area contributed by atoms with Gasteiger partial charge in [0.2, 0.25) is 11.8 Å². The Morgan fingerprint density at radius 1 is 1.17 bits per heavy atom. The maximum absolute atomic E-state index is 11.9. The number of amides is 1. The highest BCUT2D eigenvalue weighted by Gasteiger charge is 2.53. The summed E-state index contributed by atoms with van der Waals surface area (Å²) in [6.07, 6.45) is 8.62. The lowest BCUT2D eigenvalue weighted by Crippen LogP contribution is -2.49. The van der Waals surface area contributed by atoms with E-state index in [4.69, 9.17) is 9.51 Å². The molecule has 5 nitrogen and oxygen atoms in total. The quantitative estimate of drug-likeness (QED) is 0.919. The highest BCUT2D eigenvalue weighted by molar-refractivity contribution is 5.81. The highest BCUT2D eigenvalue weighted by Crippen LogP contribution is 2.60. The van der Waals surface area contributed by atoms with Crippen LogP contribution in [0.15, 0.2) is 4.52 Å². The molecule has 0 aromatic carbocycles. The minimum absolute atomic E-state index is 0.0586. The van der Waals surface area contributed by atoms with Gasteiger partial charge < -0.3 is 9.84 Å². The van der Waals surface area contributed by atoms with Gasteiger partial charge in [-0.15, -0.1) is 0 Å². The summed E-state index contributed by atoms with van der Waals surface area (Å²) in [5.41, 5.74) is -0.176. The average Bonchev–Trinajstić information content (AvgIpc) is 2.94. The summed E-state index contributed by atoms with van der Waals surface area (Å²) in [6, 6.07) is 0. The molecule has 4 bridgehead atoms. The predicted octanol–water partition coefficient (Wildman–Crippen LogP) is 3.24. The molecule has 4 aliphatic rings. The van der Waals surface area contributed by atoms with E-state index in [0.717, 1.165) is 23.6 Å². The summed E-state index contributed by atoms with van der Waals surface area (Å²) in [4.78, 5) is 16.6. The molecule has 0 radical (unpaired) electrons. The van der Waals surface area contributed by atoms with Crippen molar-refractivity contribution in [2.45, 2.75) is 71.1 Å². The first kappa shape index (κ1) is 16.1. The molecule has 0 atom stereocenters. The normalized spacial score (nSPS) is 34.5. The van der Waals surface area contributed by atoms with Crippen LogP contribution >= 0.6 is 0 Å². The fourth-order valence-corrected chi connectivity index (χ4v) is 5.50. The number of hydrogen-bond acceptors (Lipinski definition) is 4. The van der Waals surface area contributed by atoms with Crippen LogP contribution in [0.2, 0.25) is 0 Å². The highest BCUT2D eigenvalue weighted by atomic mass is 16.5. The monoisotopic (exact) mass is 331 g/mol. The van der Waals surface area contributed by atoms with Crippen molar-refractivity contribution in [3.05, 3.63) is 11.7 Å². The topological polar surface area (TPSA) is 68.0 Å². The zero-order chi connectivity index (χ0) is 16.9. The van der Waals surface area contributed by atoms with Gasteiger partial charge in [-0.05, 0) is 56.3 Å². The third kappa shape index (κ3) is 2.86. The van der Waals surface area contributed by atoms with E-state index < -0.39 is 0 Å². The molecule has 1 heterocycles. The third-order valence-electron chi connectivity index (χ3n) is 6.29. The Kier molecular flexibility index (Phi) is 3.73. The van der Waals surface area contributed by atoms with Crippen LogP contribution in [0.3, 0.4) is 0 Å². The van der Waals surface area contributed by atoms with Gasteiger partial charge in [0.15, 0.2) is 5.82 Å². The van der Waals surface area contributed by atoms with E-state index in [1.165, 1.54) is 38.5 Å². The van der Waals surface area contributed by atoms with E-state index in [9.17, 15) is 4.79 Å². The van der Waals surface area contributed by atoms with Crippen molar-refractivity contribution in [2.75, 3.05) is 6.54 Å². The zero-order valence-electron chi connectivity index (χ0n) is 15.1. The fraction of sp³-hybridized carbons (Fsp3) is 0.842. The summed E-state index contributed by atoms with van der Waals surface area (Å²) in [5.74, 6) is 4.30. The first-order valence-corrected chi connectivity index (χ1v) is 9.45. The molecule has 4 fully saturated rings. The number of nitrogens with zero attached hydrogens (tertiary/aromatic N) is 2. The summed E-state index contributed by atoms with van der Waals surface area (Å²) in [7, 11) is 0. The number of aromatic nitrogens is 2. The van der Waals surface area contributed by atoms with Crippen molar-refractivity contribution >= 4 is 5.91 Å². The number of rotatable bonds is 4. The van der Waals surface area contributed by atoms with Gasteiger partial charge in [-0.2, -0.15) is 4.98 Å². The third-order valence-corrected chi connectivity index (χ3v) is 6.29. The molecule has 1 aromatic rings. The fourth-order valence-electron chi connectivity index (χ4n) is 5.50. The molecule has 24 heavy (non-hydrogen) atoms. The van der Waals surface area contributed by atoms with Gasteiger partial charge in [0.1, 0.15) is 0 Å².